The van der Waals surface area contributed by atoms with E-state index in [1.807, 2.05) is 91.2 Å². The van der Waals surface area contributed by atoms with Crippen molar-refractivity contribution in [2.75, 3.05) is 0 Å². The van der Waals surface area contributed by atoms with Gasteiger partial charge in [-0.1, -0.05) is 156 Å². The SMILES string of the molecule is [2H]c1c([2H])c(C([2H])([2H])[2H])c([2H])c([2H])c1-c1ccnc(-c2[c-]c(-c3cccc4c3nc(-c3cc(C(C)C)cc(C(C)C)c3O)n4-c3ccc(C([2H])([2H])[2H])cc3-c3ccccc3)cc(C(C)(C)C)c2)c1.[Pt]. The maximum atomic E-state index is 12.2. The number of para-hydroxylation sites is 1. The fraction of sp³-hybridized carbons (Fsp3) is 0.222. The van der Waals surface area contributed by atoms with E-state index in [1.165, 1.54) is 6.20 Å². The minimum Gasteiger partial charge on any atom is -0.507 e. The second-order valence-corrected chi connectivity index (χ2v) is 16.5. The zero-order valence-electron chi connectivity index (χ0n) is 44.2. The van der Waals surface area contributed by atoms with E-state index < -0.39 is 43.4 Å². The fourth-order valence-corrected chi connectivity index (χ4v) is 7.42. The Morgan fingerprint density at radius 3 is 2.14 bits per heavy atom. The van der Waals surface area contributed by atoms with E-state index in [2.05, 4.69) is 46.8 Å². The standard InChI is InChI=1S/C54H52N3O.Pt/c1-33(2)40-30-45(34(3)4)52(58)47(31-40)53-56-51-44(16-13-17-50(51)57(53)49-23-20-36(6)26-46(49)38-14-11-10-12-15-38)41-27-42(29-43(28-41)54(7,8)9)48-32-39(24-25-55-48)37-21-18-35(5)19-22-37;/h10-26,28-34,58H,1-9H3;/q-1;/i5D3,6D3,18D,19D,21D,22D;. The van der Waals surface area contributed by atoms with Crippen molar-refractivity contribution in [2.24, 2.45) is 0 Å². The molecule has 300 valence electrons. The summed E-state index contributed by atoms with van der Waals surface area (Å²) in [7, 11) is 0. The van der Waals surface area contributed by atoms with E-state index in [9.17, 15) is 5.11 Å². The second-order valence-electron chi connectivity index (χ2n) is 16.5. The van der Waals surface area contributed by atoms with Crippen LogP contribution in [0.5, 0.6) is 5.75 Å². The van der Waals surface area contributed by atoms with Crippen molar-refractivity contribution in [2.45, 2.75) is 79.4 Å². The average molecular weight is 964 g/mol. The number of imidazole rings is 1. The number of rotatable bonds is 8. The van der Waals surface area contributed by atoms with Gasteiger partial charge < -0.3 is 5.11 Å². The van der Waals surface area contributed by atoms with Gasteiger partial charge in [0.15, 0.2) is 0 Å². The number of aromatic nitrogens is 3. The predicted octanol–water partition coefficient (Wildman–Crippen LogP) is 14.4. The van der Waals surface area contributed by atoms with Crippen LogP contribution in [0.15, 0.2) is 133 Å². The molecule has 4 nitrogen and oxygen atoms in total. The quantitative estimate of drug-likeness (QED) is 0.154. The van der Waals surface area contributed by atoms with Gasteiger partial charge in [-0.05, 0) is 89.1 Å². The van der Waals surface area contributed by atoms with Crippen LogP contribution in [0.25, 0.3) is 72.7 Å². The van der Waals surface area contributed by atoms with Crippen LogP contribution in [0.2, 0.25) is 0 Å². The molecule has 0 saturated heterocycles. The van der Waals surface area contributed by atoms with Gasteiger partial charge >= 0.3 is 0 Å². The fourth-order valence-electron chi connectivity index (χ4n) is 7.42. The first-order valence-corrected chi connectivity index (χ1v) is 19.6. The summed E-state index contributed by atoms with van der Waals surface area (Å²) in [4.78, 5) is 10.2. The summed E-state index contributed by atoms with van der Waals surface area (Å²) in [5.74, 6) is 0.666. The first kappa shape index (κ1) is 30.5. The largest absolute Gasteiger partial charge is 0.507 e. The van der Waals surface area contributed by atoms with Crippen molar-refractivity contribution < 1.29 is 39.9 Å². The smallest absolute Gasteiger partial charge is 0.148 e. The minimum atomic E-state index is -2.84. The molecule has 0 atom stereocenters. The molecule has 8 rings (SSSR count). The summed E-state index contributed by atoms with van der Waals surface area (Å²) in [6.07, 6.45) is 1.52. The number of pyridine rings is 1. The van der Waals surface area contributed by atoms with Gasteiger partial charge in [-0.3, -0.25) is 9.55 Å². The van der Waals surface area contributed by atoms with Crippen molar-refractivity contribution >= 4 is 11.0 Å². The van der Waals surface area contributed by atoms with Crippen molar-refractivity contribution in [1.29, 1.82) is 0 Å². The van der Waals surface area contributed by atoms with Crippen molar-refractivity contribution in [3.05, 3.63) is 167 Å². The molecule has 0 spiro atoms. The molecule has 0 unspecified atom stereocenters. The summed E-state index contributed by atoms with van der Waals surface area (Å²) >= 11 is 0. The van der Waals surface area contributed by atoms with Gasteiger partial charge in [0, 0.05) is 46.7 Å². The van der Waals surface area contributed by atoms with Crippen LogP contribution in [-0.2, 0) is 26.5 Å². The molecule has 59 heavy (non-hydrogen) atoms. The number of hydrogen-bond donors (Lipinski definition) is 1. The summed E-state index contributed by atoms with van der Waals surface area (Å²) < 4.78 is 85.4. The Balaban J connectivity index is 0.00000703. The first-order chi connectivity index (χ1) is 31.9. The number of benzene rings is 6. The molecule has 2 aromatic heterocycles. The Labute approximate surface area is 378 Å². The Morgan fingerprint density at radius 2 is 1.44 bits per heavy atom. The Morgan fingerprint density at radius 1 is 0.695 bits per heavy atom. The number of phenols is 1. The van der Waals surface area contributed by atoms with Gasteiger partial charge in [-0.2, -0.15) is 0 Å². The molecule has 0 aliphatic heterocycles. The maximum Gasteiger partial charge on any atom is 0.148 e. The van der Waals surface area contributed by atoms with Crippen LogP contribution >= 0.6 is 0 Å². The van der Waals surface area contributed by atoms with Crippen LogP contribution in [0.1, 0.15) is 102 Å². The molecule has 2 heterocycles. The van der Waals surface area contributed by atoms with Crippen molar-refractivity contribution in [1.82, 2.24) is 14.5 Å². The molecule has 0 amide bonds. The van der Waals surface area contributed by atoms with E-state index in [4.69, 9.17) is 23.7 Å². The maximum absolute atomic E-state index is 12.2. The van der Waals surface area contributed by atoms with Crippen LogP contribution in [0.4, 0.5) is 0 Å². The van der Waals surface area contributed by atoms with Crippen LogP contribution in [0, 0.1) is 19.8 Å². The monoisotopic (exact) mass is 963 g/mol. The molecular formula is C54H52N3OPt-. The summed E-state index contributed by atoms with van der Waals surface area (Å²) in [5, 5.41) is 12.2. The Bertz CT molecular complexity index is 3230. The molecular weight excluding hydrogens is 902 g/mol. The zero-order valence-corrected chi connectivity index (χ0v) is 36.4. The third-order valence-corrected chi connectivity index (χ3v) is 10.7. The van der Waals surface area contributed by atoms with E-state index in [0.717, 1.165) is 27.8 Å². The summed E-state index contributed by atoms with van der Waals surface area (Å²) in [6.45, 7) is 9.35. The topological polar surface area (TPSA) is 50.9 Å². The van der Waals surface area contributed by atoms with E-state index in [1.54, 1.807) is 24.3 Å². The minimum absolute atomic E-state index is 0. The molecule has 0 aliphatic carbocycles. The third kappa shape index (κ3) is 8.21. The number of aromatic hydroxyl groups is 1. The number of nitrogens with zero attached hydrogens (tertiary/aromatic N) is 3. The molecule has 0 bridgehead atoms. The number of fused-ring (bicyclic) bond motifs is 1. The second kappa shape index (κ2) is 16.6. The summed E-state index contributed by atoms with van der Waals surface area (Å²) in [6, 6.07) is 33.4. The predicted molar refractivity (Wildman–Crippen MR) is 243 cm³/mol. The average Bonchev–Trinajstić information content (AvgIpc) is 3.67. The number of hydrogen-bond acceptors (Lipinski definition) is 3. The summed E-state index contributed by atoms with van der Waals surface area (Å²) in [5.41, 5.74) is 8.53. The van der Waals surface area contributed by atoms with Gasteiger partial charge in [0.1, 0.15) is 11.6 Å². The van der Waals surface area contributed by atoms with Gasteiger partial charge in [-0.15, -0.1) is 29.3 Å². The molecule has 0 saturated carbocycles. The Kier molecular flexibility index (Phi) is 8.57. The van der Waals surface area contributed by atoms with Crippen molar-refractivity contribution in [3.63, 3.8) is 0 Å². The zero-order chi connectivity index (χ0) is 49.4. The van der Waals surface area contributed by atoms with Crippen molar-refractivity contribution in [3.8, 4) is 67.5 Å². The van der Waals surface area contributed by atoms with Crippen LogP contribution in [-0.4, -0.2) is 19.6 Å². The van der Waals surface area contributed by atoms with E-state index in [0.29, 0.717) is 56.1 Å². The van der Waals surface area contributed by atoms with Gasteiger partial charge in [0.05, 0.1) is 27.8 Å². The van der Waals surface area contributed by atoms with E-state index in [-0.39, 0.29) is 55.2 Å². The molecule has 0 radical (unpaired) electrons. The third-order valence-electron chi connectivity index (χ3n) is 10.7. The van der Waals surface area contributed by atoms with Crippen LogP contribution in [0.3, 0.4) is 0 Å². The first-order valence-electron chi connectivity index (χ1n) is 24.6. The number of phenolic OH excluding ortho intramolecular Hbond substituents is 1. The van der Waals surface area contributed by atoms with E-state index >= 15 is 0 Å². The van der Waals surface area contributed by atoms with Gasteiger partial charge in [0.25, 0.3) is 0 Å². The molecule has 8 aromatic rings. The molecule has 0 aliphatic rings. The molecule has 0 fully saturated rings. The van der Waals surface area contributed by atoms with Crippen LogP contribution < -0.4 is 0 Å². The van der Waals surface area contributed by atoms with Gasteiger partial charge in [0.2, 0.25) is 0 Å². The number of aryl methyl sites for hydroxylation is 1. The van der Waals surface area contributed by atoms with Gasteiger partial charge in [-0.25, -0.2) is 4.98 Å². The normalized spacial score (nSPS) is 14.6. The Hall–Kier alpha value is -5.57. The molecule has 6 aromatic carbocycles. The molecule has 1 N–H and O–H groups in total. The molecule has 5 heteroatoms.